The maximum Gasteiger partial charge on any atom is 0.0589 e. The lowest BCUT2D eigenvalue weighted by atomic mass is 9.86. The van der Waals surface area contributed by atoms with Gasteiger partial charge >= 0.3 is 0 Å². The summed E-state index contributed by atoms with van der Waals surface area (Å²) >= 11 is 0. The van der Waals surface area contributed by atoms with Crippen LogP contribution in [0.5, 0.6) is 0 Å². The van der Waals surface area contributed by atoms with Crippen molar-refractivity contribution < 1.29 is 4.74 Å². The number of nitrogens with zero attached hydrogens (tertiary/aromatic N) is 1. The summed E-state index contributed by atoms with van der Waals surface area (Å²) in [4.78, 5) is 2.20. The van der Waals surface area contributed by atoms with E-state index < -0.39 is 0 Å². The maximum atomic E-state index is 6.24. The predicted molar refractivity (Wildman–Crippen MR) is 81.4 cm³/mol. The zero-order chi connectivity index (χ0) is 14.5. The van der Waals surface area contributed by atoms with E-state index in [0.717, 1.165) is 19.7 Å². The molecule has 0 spiro atoms. The molecular formula is C16H28N2O. The largest absolute Gasteiger partial charge is 0.383 e. The monoisotopic (exact) mass is 264 g/mol. The first-order chi connectivity index (χ1) is 8.84. The van der Waals surface area contributed by atoms with Crippen LogP contribution in [-0.4, -0.2) is 38.8 Å². The van der Waals surface area contributed by atoms with Gasteiger partial charge in [-0.3, -0.25) is 0 Å². The molecule has 0 amide bonds. The first kappa shape index (κ1) is 16.2. The highest BCUT2D eigenvalue weighted by Crippen LogP contribution is 2.23. The van der Waals surface area contributed by atoms with E-state index in [4.69, 9.17) is 10.5 Å². The SMILES string of the molecule is COCCN(C)CC(N)c1ccc(C(C)(C)C)cc1. The highest BCUT2D eigenvalue weighted by atomic mass is 16.5. The van der Waals surface area contributed by atoms with Gasteiger partial charge in [0.1, 0.15) is 0 Å². The lowest BCUT2D eigenvalue weighted by Gasteiger charge is -2.23. The molecule has 0 saturated carbocycles. The van der Waals surface area contributed by atoms with Crippen molar-refractivity contribution in [2.45, 2.75) is 32.2 Å². The maximum absolute atomic E-state index is 6.24. The number of rotatable bonds is 6. The van der Waals surface area contributed by atoms with Crippen molar-refractivity contribution >= 4 is 0 Å². The zero-order valence-corrected chi connectivity index (χ0v) is 12.9. The molecule has 3 nitrogen and oxygen atoms in total. The topological polar surface area (TPSA) is 38.5 Å². The van der Waals surface area contributed by atoms with Crippen LogP contribution in [0.25, 0.3) is 0 Å². The second-order valence-corrected chi connectivity index (χ2v) is 6.23. The molecule has 1 unspecified atom stereocenters. The number of nitrogens with two attached hydrogens (primary N) is 1. The highest BCUT2D eigenvalue weighted by Gasteiger charge is 2.14. The van der Waals surface area contributed by atoms with Gasteiger partial charge in [0.15, 0.2) is 0 Å². The van der Waals surface area contributed by atoms with Crippen molar-refractivity contribution in [3.05, 3.63) is 35.4 Å². The molecule has 0 heterocycles. The molecule has 0 aliphatic carbocycles. The Morgan fingerprint density at radius 3 is 2.26 bits per heavy atom. The van der Waals surface area contributed by atoms with Gasteiger partial charge in [-0.05, 0) is 23.6 Å². The average molecular weight is 264 g/mol. The van der Waals surface area contributed by atoms with E-state index in [-0.39, 0.29) is 11.5 Å². The average Bonchev–Trinajstić information content (AvgIpc) is 2.35. The minimum atomic E-state index is 0.0517. The summed E-state index contributed by atoms with van der Waals surface area (Å²) in [5.41, 5.74) is 8.97. The van der Waals surface area contributed by atoms with E-state index >= 15 is 0 Å². The predicted octanol–water partition coefficient (Wildman–Crippen LogP) is 2.56. The Balaban J connectivity index is 2.60. The Labute approximate surface area is 117 Å². The standard InChI is InChI=1S/C16H28N2O/c1-16(2,3)14-8-6-13(7-9-14)15(17)12-18(4)10-11-19-5/h6-9,15H,10-12,17H2,1-5H3. The molecule has 0 aromatic heterocycles. The molecule has 19 heavy (non-hydrogen) atoms. The molecule has 1 atom stereocenters. The number of ether oxygens (including phenoxy) is 1. The van der Waals surface area contributed by atoms with E-state index in [9.17, 15) is 0 Å². The molecule has 3 heteroatoms. The second-order valence-electron chi connectivity index (χ2n) is 6.23. The Kier molecular flexibility index (Phi) is 5.98. The minimum Gasteiger partial charge on any atom is -0.383 e. The molecule has 1 rings (SSSR count). The van der Waals surface area contributed by atoms with Gasteiger partial charge in [-0.15, -0.1) is 0 Å². The van der Waals surface area contributed by atoms with Crippen LogP contribution >= 0.6 is 0 Å². The molecule has 0 aliphatic heterocycles. The van der Waals surface area contributed by atoms with E-state index in [1.165, 1.54) is 11.1 Å². The van der Waals surface area contributed by atoms with Gasteiger partial charge in [0.2, 0.25) is 0 Å². The van der Waals surface area contributed by atoms with Gasteiger partial charge in [0, 0.05) is 26.2 Å². The summed E-state index contributed by atoms with van der Waals surface area (Å²) in [6.45, 7) is 9.16. The van der Waals surface area contributed by atoms with Crippen LogP contribution in [0.2, 0.25) is 0 Å². The highest BCUT2D eigenvalue weighted by molar-refractivity contribution is 5.29. The van der Waals surface area contributed by atoms with Crippen LogP contribution in [0.1, 0.15) is 37.9 Å². The summed E-state index contributed by atoms with van der Waals surface area (Å²) in [5.74, 6) is 0. The van der Waals surface area contributed by atoms with Crippen molar-refractivity contribution in [2.75, 3.05) is 33.9 Å². The van der Waals surface area contributed by atoms with Crippen LogP contribution in [0.4, 0.5) is 0 Å². The normalized spacial score (nSPS) is 13.8. The van der Waals surface area contributed by atoms with Gasteiger partial charge in [-0.2, -0.15) is 0 Å². The molecule has 1 aromatic carbocycles. The molecular weight excluding hydrogens is 236 g/mol. The van der Waals surface area contributed by atoms with E-state index in [1.54, 1.807) is 7.11 Å². The number of hydrogen-bond donors (Lipinski definition) is 1. The van der Waals surface area contributed by atoms with Crippen LogP contribution in [0.15, 0.2) is 24.3 Å². The minimum absolute atomic E-state index is 0.0517. The molecule has 0 aliphatic rings. The smallest absolute Gasteiger partial charge is 0.0589 e. The summed E-state index contributed by atoms with van der Waals surface area (Å²) in [7, 11) is 3.79. The summed E-state index contributed by atoms with van der Waals surface area (Å²) in [6, 6.07) is 8.72. The van der Waals surface area contributed by atoms with E-state index in [1.807, 2.05) is 0 Å². The lowest BCUT2D eigenvalue weighted by Crippen LogP contribution is -2.31. The first-order valence-corrected chi connectivity index (χ1v) is 6.88. The molecule has 1 aromatic rings. The summed E-state index contributed by atoms with van der Waals surface area (Å²) < 4.78 is 5.07. The van der Waals surface area contributed by atoms with Crippen molar-refractivity contribution in [2.24, 2.45) is 5.73 Å². The quantitative estimate of drug-likeness (QED) is 0.858. The Hall–Kier alpha value is -0.900. The third kappa shape index (κ3) is 5.31. The first-order valence-electron chi connectivity index (χ1n) is 6.88. The van der Waals surface area contributed by atoms with Crippen molar-refractivity contribution in [3.63, 3.8) is 0 Å². The molecule has 2 N–H and O–H groups in total. The zero-order valence-electron chi connectivity index (χ0n) is 12.9. The Morgan fingerprint density at radius 2 is 1.79 bits per heavy atom. The van der Waals surface area contributed by atoms with E-state index in [0.29, 0.717) is 0 Å². The van der Waals surface area contributed by atoms with Gasteiger partial charge < -0.3 is 15.4 Å². The number of benzene rings is 1. The molecule has 0 fully saturated rings. The van der Waals surface area contributed by atoms with Crippen LogP contribution in [-0.2, 0) is 10.2 Å². The van der Waals surface area contributed by atoms with E-state index in [2.05, 4.69) is 57.0 Å². The van der Waals surface area contributed by atoms with Gasteiger partial charge in [0.05, 0.1) is 6.61 Å². The van der Waals surface area contributed by atoms with Crippen molar-refractivity contribution in [1.29, 1.82) is 0 Å². The van der Waals surface area contributed by atoms with Crippen molar-refractivity contribution in [1.82, 2.24) is 4.90 Å². The molecule has 0 radical (unpaired) electrons. The third-order valence-corrected chi connectivity index (χ3v) is 3.39. The lowest BCUT2D eigenvalue weighted by molar-refractivity contribution is 0.158. The number of hydrogen-bond acceptors (Lipinski definition) is 3. The van der Waals surface area contributed by atoms with Crippen molar-refractivity contribution in [3.8, 4) is 0 Å². The van der Waals surface area contributed by atoms with Gasteiger partial charge in [0.25, 0.3) is 0 Å². The summed E-state index contributed by atoms with van der Waals surface area (Å²) in [6.07, 6.45) is 0. The molecule has 0 saturated heterocycles. The van der Waals surface area contributed by atoms with Crippen LogP contribution in [0, 0.1) is 0 Å². The fraction of sp³-hybridized carbons (Fsp3) is 0.625. The Morgan fingerprint density at radius 1 is 1.21 bits per heavy atom. The number of methoxy groups -OCH3 is 1. The molecule has 108 valence electrons. The van der Waals surface area contributed by atoms with Crippen LogP contribution < -0.4 is 5.73 Å². The van der Waals surface area contributed by atoms with Gasteiger partial charge in [-0.25, -0.2) is 0 Å². The second kappa shape index (κ2) is 7.04. The Bertz CT molecular complexity index is 367. The fourth-order valence-corrected chi connectivity index (χ4v) is 2.01. The third-order valence-electron chi connectivity index (χ3n) is 3.39. The number of likely N-dealkylation sites (N-methyl/N-ethyl adjacent to an activating group) is 1. The van der Waals surface area contributed by atoms with Crippen LogP contribution in [0.3, 0.4) is 0 Å². The fourth-order valence-electron chi connectivity index (χ4n) is 2.01. The molecule has 0 bridgehead atoms. The van der Waals surface area contributed by atoms with Gasteiger partial charge in [-0.1, -0.05) is 45.0 Å². The summed E-state index contributed by atoms with van der Waals surface area (Å²) in [5, 5.41) is 0.